The van der Waals surface area contributed by atoms with Gasteiger partial charge in [0.05, 0.1) is 11.0 Å². The molecule has 2 aromatic carbocycles. The predicted octanol–water partition coefficient (Wildman–Crippen LogP) is 2.44. The van der Waals surface area contributed by atoms with Crippen LogP contribution in [0.5, 0.6) is 5.75 Å². The Bertz CT molecular complexity index is 815. The SMILES string of the molecule is CCC(C)Oc1ccc(C(=O)NCc2ccc(S(N)(=O)=O)cc2)cc1. The van der Waals surface area contributed by atoms with Gasteiger partial charge in [0.2, 0.25) is 10.0 Å². The molecule has 0 aromatic heterocycles. The first-order valence-electron chi connectivity index (χ1n) is 7.96. The first kappa shape index (κ1) is 19.0. The Morgan fingerprint density at radius 3 is 2.24 bits per heavy atom. The zero-order valence-corrected chi connectivity index (χ0v) is 15.0. The van der Waals surface area contributed by atoms with E-state index in [0.29, 0.717) is 5.56 Å². The molecular weight excluding hydrogens is 340 g/mol. The van der Waals surface area contributed by atoms with Crippen LogP contribution >= 0.6 is 0 Å². The molecule has 0 saturated carbocycles. The zero-order valence-electron chi connectivity index (χ0n) is 14.2. The average Bonchev–Trinajstić information content (AvgIpc) is 2.59. The molecule has 134 valence electrons. The fourth-order valence-electron chi connectivity index (χ4n) is 2.08. The second kappa shape index (κ2) is 8.13. The third-order valence-electron chi connectivity index (χ3n) is 3.73. The molecule has 2 aromatic rings. The maximum atomic E-state index is 12.2. The number of sulfonamides is 1. The molecule has 0 radical (unpaired) electrons. The highest BCUT2D eigenvalue weighted by Crippen LogP contribution is 2.15. The van der Waals surface area contributed by atoms with Crippen LogP contribution in [0.3, 0.4) is 0 Å². The Kier molecular flexibility index (Phi) is 6.17. The van der Waals surface area contributed by atoms with Crippen molar-refractivity contribution in [2.24, 2.45) is 5.14 Å². The second-order valence-corrected chi connectivity index (χ2v) is 7.29. The maximum Gasteiger partial charge on any atom is 0.251 e. The predicted molar refractivity (Wildman–Crippen MR) is 95.8 cm³/mol. The molecule has 0 aliphatic heterocycles. The Labute approximate surface area is 148 Å². The third-order valence-corrected chi connectivity index (χ3v) is 4.66. The lowest BCUT2D eigenvalue weighted by Gasteiger charge is -2.12. The van der Waals surface area contributed by atoms with E-state index in [1.807, 2.05) is 13.8 Å². The summed E-state index contributed by atoms with van der Waals surface area (Å²) < 4.78 is 28.1. The number of carbonyl (C=O) groups excluding carboxylic acids is 1. The summed E-state index contributed by atoms with van der Waals surface area (Å²) in [5, 5.41) is 7.83. The summed E-state index contributed by atoms with van der Waals surface area (Å²) in [6, 6.07) is 13.0. The van der Waals surface area contributed by atoms with Gasteiger partial charge in [0.1, 0.15) is 5.75 Å². The van der Waals surface area contributed by atoms with Crippen molar-refractivity contribution >= 4 is 15.9 Å². The second-order valence-electron chi connectivity index (χ2n) is 5.73. The van der Waals surface area contributed by atoms with Gasteiger partial charge in [0, 0.05) is 12.1 Å². The van der Waals surface area contributed by atoms with Crippen LogP contribution in [0.4, 0.5) is 0 Å². The van der Waals surface area contributed by atoms with Gasteiger partial charge in [0.25, 0.3) is 5.91 Å². The van der Waals surface area contributed by atoms with Crippen molar-refractivity contribution in [1.29, 1.82) is 0 Å². The number of carbonyl (C=O) groups is 1. The molecule has 1 amide bonds. The highest BCUT2D eigenvalue weighted by Gasteiger charge is 2.09. The highest BCUT2D eigenvalue weighted by atomic mass is 32.2. The van der Waals surface area contributed by atoms with E-state index in [2.05, 4.69) is 5.32 Å². The van der Waals surface area contributed by atoms with E-state index in [9.17, 15) is 13.2 Å². The average molecular weight is 362 g/mol. The summed E-state index contributed by atoms with van der Waals surface area (Å²) >= 11 is 0. The quantitative estimate of drug-likeness (QED) is 0.790. The first-order valence-corrected chi connectivity index (χ1v) is 9.51. The van der Waals surface area contributed by atoms with Crippen molar-refractivity contribution in [3.63, 3.8) is 0 Å². The molecule has 0 fully saturated rings. The van der Waals surface area contributed by atoms with Crippen LogP contribution in [0.25, 0.3) is 0 Å². The topological polar surface area (TPSA) is 98.5 Å². The fourth-order valence-corrected chi connectivity index (χ4v) is 2.60. The van der Waals surface area contributed by atoms with Crippen molar-refractivity contribution in [2.45, 2.75) is 37.8 Å². The summed E-state index contributed by atoms with van der Waals surface area (Å²) in [5.74, 6) is 0.509. The molecule has 0 aliphatic carbocycles. The highest BCUT2D eigenvalue weighted by molar-refractivity contribution is 7.89. The van der Waals surface area contributed by atoms with Gasteiger partial charge in [-0.3, -0.25) is 4.79 Å². The van der Waals surface area contributed by atoms with E-state index >= 15 is 0 Å². The number of amides is 1. The van der Waals surface area contributed by atoms with Crippen molar-refractivity contribution in [1.82, 2.24) is 5.32 Å². The summed E-state index contributed by atoms with van der Waals surface area (Å²) in [7, 11) is -3.71. The molecular formula is C18H22N2O4S. The van der Waals surface area contributed by atoms with Crippen LogP contribution in [-0.2, 0) is 16.6 Å². The van der Waals surface area contributed by atoms with Gasteiger partial charge < -0.3 is 10.1 Å². The molecule has 7 heteroatoms. The minimum absolute atomic E-state index is 0.0412. The normalized spacial score (nSPS) is 12.4. The van der Waals surface area contributed by atoms with Gasteiger partial charge in [-0.1, -0.05) is 19.1 Å². The summed E-state index contributed by atoms with van der Waals surface area (Å²) in [6.45, 7) is 4.32. The number of ether oxygens (including phenoxy) is 1. The lowest BCUT2D eigenvalue weighted by molar-refractivity contribution is 0.0951. The van der Waals surface area contributed by atoms with Crippen molar-refractivity contribution in [2.75, 3.05) is 0 Å². The van der Waals surface area contributed by atoms with Gasteiger partial charge in [-0.25, -0.2) is 13.6 Å². The monoisotopic (exact) mass is 362 g/mol. The van der Waals surface area contributed by atoms with Gasteiger partial charge in [-0.05, 0) is 55.3 Å². The van der Waals surface area contributed by atoms with Gasteiger partial charge in [-0.15, -0.1) is 0 Å². The molecule has 0 spiro atoms. The molecule has 1 unspecified atom stereocenters. The number of hydrogen-bond acceptors (Lipinski definition) is 4. The Balaban J connectivity index is 1.93. The van der Waals surface area contributed by atoms with E-state index in [4.69, 9.17) is 9.88 Å². The third kappa shape index (κ3) is 5.58. The number of rotatable bonds is 7. The first-order chi connectivity index (χ1) is 11.8. The van der Waals surface area contributed by atoms with Crippen molar-refractivity contribution in [3.05, 3.63) is 59.7 Å². The zero-order chi connectivity index (χ0) is 18.4. The Morgan fingerprint density at radius 2 is 1.72 bits per heavy atom. The van der Waals surface area contributed by atoms with Crippen LogP contribution in [0.2, 0.25) is 0 Å². The minimum Gasteiger partial charge on any atom is -0.491 e. The number of benzene rings is 2. The van der Waals surface area contributed by atoms with Crippen LogP contribution in [0.15, 0.2) is 53.4 Å². The molecule has 0 bridgehead atoms. The molecule has 2 rings (SSSR count). The molecule has 25 heavy (non-hydrogen) atoms. The molecule has 6 nitrogen and oxygen atoms in total. The number of primary sulfonamides is 1. The van der Waals surface area contributed by atoms with Crippen molar-refractivity contribution < 1.29 is 17.9 Å². The molecule has 0 heterocycles. The van der Waals surface area contributed by atoms with E-state index in [-0.39, 0.29) is 23.5 Å². The number of nitrogens with two attached hydrogens (primary N) is 1. The van der Waals surface area contributed by atoms with Crippen molar-refractivity contribution in [3.8, 4) is 5.75 Å². The van der Waals surface area contributed by atoms with Crippen LogP contribution in [0, 0.1) is 0 Å². The van der Waals surface area contributed by atoms with Crippen LogP contribution in [0.1, 0.15) is 36.2 Å². The molecule has 3 N–H and O–H groups in total. The largest absolute Gasteiger partial charge is 0.491 e. The fraction of sp³-hybridized carbons (Fsp3) is 0.278. The Morgan fingerprint density at radius 1 is 1.12 bits per heavy atom. The van der Waals surface area contributed by atoms with Gasteiger partial charge in [-0.2, -0.15) is 0 Å². The molecule has 0 saturated heterocycles. The Hall–Kier alpha value is -2.38. The smallest absolute Gasteiger partial charge is 0.251 e. The number of nitrogens with one attached hydrogen (secondary N) is 1. The number of hydrogen-bond donors (Lipinski definition) is 2. The van der Waals surface area contributed by atoms with E-state index in [1.165, 1.54) is 12.1 Å². The van der Waals surface area contributed by atoms with Gasteiger partial charge >= 0.3 is 0 Å². The van der Waals surface area contributed by atoms with E-state index in [1.54, 1.807) is 36.4 Å². The minimum atomic E-state index is -3.71. The molecule has 0 aliphatic rings. The van der Waals surface area contributed by atoms with Gasteiger partial charge in [0.15, 0.2) is 0 Å². The standard InChI is InChI=1S/C18H22N2O4S/c1-3-13(2)24-16-8-6-15(7-9-16)18(21)20-12-14-4-10-17(11-5-14)25(19,22)23/h4-11,13H,3,12H2,1-2H3,(H,20,21)(H2,19,22,23). The van der Waals surface area contributed by atoms with Crippen LogP contribution < -0.4 is 15.2 Å². The van der Waals surface area contributed by atoms with Crippen LogP contribution in [-0.4, -0.2) is 20.4 Å². The molecule has 1 atom stereocenters. The van der Waals surface area contributed by atoms with E-state index < -0.39 is 10.0 Å². The summed E-state index contributed by atoms with van der Waals surface area (Å²) in [4.78, 5) is 12.2. The van der Waals surface area contributed by atoms with E-state index in [0.717, 1.165) is 17.7 Å². The summed E-state index contributed by atoms with van der Waals surface area (Å²) in [6.07, 6.45) is 1.03. The summed E-state index contributed by atoms with van der Waals surface area (Å²) in [5.41, 5.74) is 1.30. The lowest BCUT2D eigenvalue weighted by Crippen LogP contribution is -2.22. The maximum absolute atomic E-state index is 12.2. The lowest BCUT2D eigenvalue weighted by atomic mass is 10.2.